The molecule has 0 radical (unpaired) electrons. The second-order valence-corrected chi connectivity index (χ2v) is 5.19. The van der Waals surface area contributed by atoms with Crippen molar-refractivity contribution in [1.82, 2.24) is 0 Å². The van der Waals surface area contributed by atoms with Crippen LogP contribution in [0, 0.1) is 0 Å². The van der Waals surface area contributed by atoms with Crippen LogP contribution in [0.3, 0.4) is 0 Å². The van der Waals surface area contributed by atoms with Crippen molar-refractivity contribution < 1.29 is 18.0 Å². The predicted molar refractivity (Wildman–Crippen MR) is 85.1 cm³/mol. The average Bonchev–Trinajstić information content (AvgIpc) is 2.52. The summed E-state index contributed by atoms with van der Waals surface area (Å²) in [5, 5.41) is 4.02. The van der Waals surface area contributed by atoms with Crippen molar-refractivity contribution >= 4 is 5.71 Å². The molecule has 0 bridgehead atoms. The zero-order valence-electron chi connectivity index (χ0n) is 13.1. The van der Waals surface area contributed by atoms with Crippen LogP contribution in [0.1, 0.15) is 43.2 Å². The molecular weight excluding hydrogens is 307 g/mol. The van der Waals surface area contributed by atoms with Crippen LogP contribution in [0.15, 0.2) is 29.4 Å². The van der Waals surface area contributed by atoms with E-state index in [2.05, 4.69) is 5.16 Å². The van der Waals surface area contributed by atoms with E-state index in [0.29, 0.717) is 30.8 Å². The minimum atomic E-state index is -4.34. The molecule has 1 aromatic carbocycles. The van der Waals surface area contributed by atoms with E-state index in [9.17, 15) is 13.2 Å². The molecule has 0 atom stereocenters. The molecule has 4 N–H and O–H groups in total. The fraction of sp³-hybridized carbons (Fsp3) is 0.562. The number of rotatable bonds is 10. The molecule has 130 valence electrons. The van der Waals surface area contributed by atoms with Crippen molar-refractivity contribution in [2.75, 3.05) is 19.7 Å². The molecule has 0 saturated heterocycles. The third kappa shape index (κ3) is 7.47. The molecule has 1 rings (SSSR count). The first-order valence-corrected chi connectivity index (χ1v) is 7.75. The zero-order chi connectivity index (χ0) is 17.1. The number of hydrogen-bond donors (Lipinski definition) is 2. The fourth-order valence-electron chi connectivity index (χ4n) is 2.06. The lowest BCUT2D eigenvalue weighted by Crippen LogP contribution is -2.09. The normalized spacial score (nSPS) is 12.5. The number of benzene rings is 1. The molecular formula is C16H24F3N3O. The molecule has 0 aliphatic carbocycles. The number of oxime groups is 1. The van der Waals surface area contributed by atoms with Gasteiger partial charge in [0.25, 0.3) is 0 Å². The molecule has 0 spiro atoms. The lowest BCUT2D eigenvalue weighted by molar-refractivity contribution is -0.137. The Bertz CT molecular complexity index is 472. The van der Waals surface area contributed by atoms with Crippen LogP contribution in [0.4, 0.5) is 13.2 Å². The highest BCUT2D eigenvalue weighted by atomic mass is 19.4. The Morgan fingerprint density at radius 1 is 0.957 bits per heavy atom. The van der Waals surface area contributed by atoms with Crippen LogP contribution in [0.25, 0.3) is 0 Å². The number of nitrogens with two attached hydrogens (primary N) is 2. The van der Waals surface area contributed by atoms with Gasteiger partial charge < -0.3 is 16.3 Å². The van der Waals surface area contributed by atoms with Crippen LogP contribution < -0.4 is 11.5 Å². The van der Waals surface area contributed by atoms with Crippen LogP contribution in [0.5, 0.6) is 0 Å². The Hall–Kier alpha value is -1.60. The summed E-state index contributed by atoms with van der Waals surface area (Å²) in [6.45, 7) is 1.27. The van der Waals surface area contributed by atoms with Gasteiger partial charge in [-0.25, -0.2) is 0 Å². The van der Waals surface area contributed by atoms with E-state index in [1.807, 2.05) is 0 Å². The molecule has 0 aliphatic rings. The van der Waals surface area contributed by atoms with Gasteiger partial charge in [-0.05, 0) is 43.5 Å². The molecule has 0 fully saturated rings. The van der Waals surface area contributed by atoms with E-state index in [1.165, 1.54) is 12.1 Å². The first kappa shape index (κ1) is 19.4. The average molecular weight is 331 g/mol. The van der Waals surface area contributed by atoms with Crippen molar-refractivity contribution in [2.45, 2.75) is 38.3 Å². The Kier molecular flexibility index (Phi) is 8.65. The van der Waals surface area contributed by atoms with E-state index >= 15 is 0 Å². The number of unbranched alkanes of at least 4 members (excludes halogenated alkanes) is 3. The highest BCUT2D eigenvalue weighted by molar-refractivity contribution is 6.00. The van der Waals surface area contributed by atoms with Gasteiger partial charge in [0.1, 0.15) is 6.61 Å². The second-order valence-electron chi connectivity index (χ2n) is 5.19. The minimum Gasteiger partial charge on any atom is -0.394 e. The molecule has 0 unspecified atom stereocenters. The van der Waals surface area contributed by atoms with E-state index < -0.39 is 11.7 Å². The van der Waals surface area contributed by atoms with Crippen molar-refractivity contribution in [3.05, 3.63) is 35.4 Å². The maximum atomic E-state index is 12.6. The van der Waals surface area contributed by atoms with Gasteiger partial charge in [0.05, 0.1) is 11.3 Å². The maximum Gasteiger partial charge on any atom is 0.416 e. The quantitative estimate of drug-likeness (QED) is 0.392. The Morgan fingerprint density at radius 2 is 1.61 bits per heavy atom. The van der Waals surface area contributed by atoms with Gasteiger partial charge in [0, 0.05) is 6.54 Å². The largest absolute Gasteiger partial charge is 0.416 e. The molecule has 7 heteroatoms. The van der Waals surface area contributed by atoms with Gasteiger partial charge in [0.2, 0.25) is 0 Å². The van der Waals surface area contributed by atoms with Crippen molar-refractivity contribution in [2.24, 2.45) is 16.6 Å². The lowest BCUT2D eigenvalue weighted by Gasteiger charge is -2.10. The fourth-order valence-corrected chi connectivity index (χ4v) is 2.06. The lowest BCUT2D eigenvalue weighted by atomic mass is 10.0. The van der Waals surface area contributed by atoms with Crippen molar-refractivity contribution in [3.63, 3.8) is 0 Å². The summed E-state index contributed by atoms with van der Waals surface area (Å²) in [6, 6.07) is 4.96. The van der Waals surface area contributed by atoms with Crippen molar-refractivity contribution in [3.8, 4) is 0 Å². The van der Waals surface area contributed by atoms with E-state index in [0.717, 1.165) is 37.8 Å². The SMILES string of the molecule is NCCCCCC/C(=N\OCCN)c1ccc(C(F)(F)F)cc1. The van der Waals surface area contributed by atoms with Gasteiger partial charge in [-0.1, -0.05) is 30.1 Å². The smallest absolute Gasteiger partial charge is 0.394 e. The Labute approximate surface area is 134 Å². The molecule has 1 aromatic rings. The monoisotopic (exact) mass is 331 g/mol. The molecule has 0 aromatic heterocycles. The van der Waals surface area contributed by atoms with E-state index in [1.54, 1.807) is 0 Å². The third-order valence-corrected chi connectivity index (χ3v) is 3.30. The standard InChI is InChI=1S/C16H24F3N3O/c17-16(18,19)14-8-6-13(7-9-14)15(22-23-12-11-21)5-3-1-2-4-10-20/h6-9H,1-5,10-12,20-21H2/b22-15+. The van der Waals surface area contributed by atoms with Gasteiger partial charge in [0.15, 0.2) is 0 Å². The summed E-state index contributed by atoms with van der Waals surface area (Å²) in [4.78, 5) is 5.10. The number of nitrogens with zero attached hydrogens (tertiary/aromatic N) is 1. The van der Waals surface area contributed by atoms with E-state index in [4.69, 9.17) is 16.3 Å². The minimum absolute atomic E-state index is 0.275. The number of halogens is 3. The summed E-state index contributed by atoms with van der Waals surface area (Å²) < 4.78 is 37.8. The summed E-state index contributed by atoms with van der Waals surface area (Å²) in [6.07, 6.45) is 0.172. The van der Waals surface area contributed by atoms with Gasteiger partial charge in [-0.15, -0.1) is 0 Å². The first-order valence-electron chi connectivity index (χ1n) is 7.75. The van der Waals surface area contributed by atoms with Gasteiger partial charge in [-0.2, -0.15) is 13.2 Å². The molecule has 23 heavy (non-hydrogen) atoms. The van der Waals surface area contributed by atoms with Crippen LogP contribution in [-0.2, 0) is 11.0 Å². The highest BCUT2D eigenvalue weighted by Crippen LogP contribution is 2.29. The summed E-state index contributed by atoms with van der Waals surface area (Å²) in [5.41, 5.74) is 11.4. The van der Waals surface area contributed by atoms with Crippen LogP contribution in [0.2, 0.25) is 0 Å². The summed E-state index contributed by atoms with van der Waals surface area (Å²) in [5.74, 6) is 0. The predicted octanol–water partition coefficient (Wildman–Crippen LogP) is 3.29. The third-order valence-electron chi connectivity index (χ3n) is 3.30. The molecule has 0 saturated carbocycles. The maximum absolute atomic E-state index is 12.6. The Morgan fingerprint density at radius 3 is 2.17 bits per heavy atom. The van der Waals surface area contributed by atoms with Gasteiger partial charge in [-0.3, -0.25) is 0 Å². The Balaban J connectivity index is 2.72. The zero-order valence-corrected chi connectivity index (χ0v) is 13.1. The topological polar surface area (TPSA) is 73.6 Å². The molecule has 0 heterocycles. The summed E-state index contributed by atoms with van der Waals surface area (Å²) >= 11 is 0. The number of hydrogen-bond acceptors (Lipinski definition) is 4. The highest BCUT2D eigenvalue weighted by Gasteiger charge is 2.30. The van der Waals surface area contributed by atoms with Crippen LogP contribution >= 0.6 is 0 Å². The van der Waals surface area contributed by atoms with Crippen LogP contribution in [-0.4, -0.2) is 25.4 Å². The molecule has 0 aliphatic heterocycles. The van der Waals surface area contributed by atoms with E-state index in [-0.39, 0.29) is 6.61 Å². The second kappa shape index (κ2) is 10.2. The van der Waals surface area contributed by atoms with Crippen molar-refractivity contribution in [1.29, 1.82) is 0 Å². The molecule has 4 nitrogen and oxygen atoms in total. The van der Waals surface area contributed by atoms with Gasteiger partial charge >= 0.3 is 6.18 Å². The first-order chi connectivity index (χ1) is 11.0. The number of alkyl halides is 3. The molecule has 0 amide bonds. The summed E-state index contributed by atoms with van der Waals surface area (Å²) in [7, 11) is 0.